The number of alkyl halides is 3. The summed E-state index contributed by atoms with van der Waals surface area (Å²) in [5.74, 6) is 0. The average Bonchev–Trinajstić information content (AvgIpc) is 2.76. The van der Waals surface area contributed by atoms with E-state index in [1.54, 1.807) is 0 Å². The highest BCUT2D eigenvalue weighted by Gasteiger charge is 2.35. The molecule has 0 bridgehead atoms. The molecule has 0 saturated heterocycles. The number of rotatable bonds is 6. The Bertz CT molecular complexity index is 366. The molecule has 0 aliphatic heterocycles. The molecule has 0 radical (unpaired) electrons. The predicted octanol–water partition coefficient (Wildman–Crippen LogP) is 2.70. The molecule has 0 aromatic carbocycles. The second kappa shape index (κ2) is 6.33. The first-order valence-corrected chi connectivity index (χ1v) is 6.51. The largest absolute Gasteiger partial charge is 0.445 e. The van der Waals surface area contributed by atoms with Crippen LogP contribution in [0.1, 0.15) is 25.3 Å². The maximum atomic E-state index is 12.3. The van der Waals surface area contributed by atoms with Gasteiger partial charge in [0.1, 0.15) is 0 Å². The van der Waals surface area contributed by atoms with E-state index in [4.69, 9.17) is 0 Å². The summed E-state index contributed by atoms with van der Waals surface area (Å²) in [7, 11) is 1.98. The molecular weight excluding hydrogens is 265 g/mol. The summed E-state index contributed by atoms with van der Waals surface area (Å²) in [6.45, 7) is 5.49. The Kier molecular flexibility index (Phi) is 5.33. The Labute approximate surface area is 108 Å². The van der Waals surface area contributed by atoms with E-state index in [1.165, 1.54) is 0 Å². The van der Waals surface area contributed by atoms with Crippen LogP contribution >= 0.6 is 11.3 Å². The van der Waals surface area contributed by atoms with Gasteiger partial charge in [-0.2, -0.15) is 13.2 Å². The van der Waals surface area contributed by atoms with E-state index >= 15 is 0 Å². The van der Waals surface area contributed by atoms with Gasteiger partial charge >= 0.3 is 6.18 Å². The summed E-state index contributed by atoms with van der Waals surface area (Å²) in [4.78, 5) is 2.14. The van der Waals surface area contributed by atoms with Crippen LogP contribution in [-0.4, -0.2) is 41.3 Å². The first kappa shape index (κ1) is 15.2. The van der Waals surface area contributed by atoms with Crippen molar-refractivity contribution in [3.05, 3.63) is 5.01 Å². The van der Waals surface area contributed by atoms with Crippen molar-refractivity contribution in [2.24, 2.45) is 0 Å². The maximum absolute atomic E-state index is 12.3. The molecule has 1 atom stereocenters. The normalized spacial score (nSPS) is 13.9. The van der Waals surface area contributed by atoms with Gasteiger partial charge in [0.15, 0.2) is 0 Å². The van der Waals surface area contributed by atoms with Crippen molar-refractivity contribution in [3.63, 3.8) is 0 Å². The molecule has 1 aromatic heterocycles. The van der Waals surface area contributed by atoms with Crippen molar-refractivity contribution in [3.8, 4) is 0 Å². The molecule has 8 heteroatoms. The molecule has 1 unspecified atom stereocenters. The predicted molar refractivity (Wildman–Crippen MR) is 65.8 cm³/mol. The van der Waals surface area contributed by atoms with Crippen molar-refractivity contribution < 1.29 is 13.2 Å². The minimum atomic E-state index is -4.41. The molecule has 1 N–H and O–H groups in total. The fraction of sp³-hybridized carbons (Fsp3) is 0.800. The number of hydrogen-bond donors (Lipinski definition) is 1. The monoisotopic (exact) mass is 282 g/mol. The highest BCUT2D eigenvalue weighted by atomic mass is 32.1. The van der Waals surface area contributed by atoms with Crippen LogP contribution in [0.25, 0.3) is 0 Å². The number of anilines is 1. The van der Waals surface area contributed by atoms with Crippen molar-refractivity contribution in [2.75, 3.05) is 25.5 Å². The van der Waals surface area contributed by atoms with E-state index in [9.17, 15) is 13.2 Å². The van der Waals surface area contributed by atoms with E-state index in [-0.39, 0.29) is 5.13 Å². The molecule has 18 heavy (non-hydrogen) atoms. The number of nitrogens with zero attached hydrogens (tertiary/aromatic N) is 3. The third-order valence-electron chi connectivity index (χ3n) is 2.75. The van der Waals surface area contributed by atoms with E-state index in [1.807, 2.05) is 7.05 Å². The second-order valence-corrected chi connectivity index (χ2v) is 5.05. The molecule has 0 amide bonds. The lowest BCUT2D eigenvalue weighted by atomic mass is 10.2. The minimum absolute atomic E-state index is 0.208. The van der Waals surface area contributed by atoms with E-state index in [0.29, 0.717) is 23.9 Å². The Morgan fingerprint density at radius 1 is 1.39 bits per heavy atom. The molecule has 0 aliphatic rings. The van der Waals surface area contributed by atoms with Gasteiger partial charge in [-0.1, -0.05) is 18.3 Å². The van der Waals surface area contributed by atoms with Crippen LogP contribution in [0.2, 0.25) is 0 Å². The number of halogens is 3. The minimum Gasteiger partial charge on any atom is -0.359 e. The standard InChI is InChI=1S/C10H17F3N4S/c1-4-7(2)17(3)6-5-14-9-16-15-8(18-9)10(11,12)13/h7H,4-6H2,1-3H3,(H,14,16). The summed E-state index contributed by atoms with van der Waals surface area (Å²) in [5, 5.41) is 8.71. The van der Waals surface area contributed by atoms with Crippen LogP contribution < -0.4 is 5.32 Å². The SMILES string of the molecule is CCC(C)N(C)CCNc1nnc(C(F)(F)F)s1. The Hall–Kier alpha value is -0.890. The van der Waals surface area contributed by atoms with E-state index in [2.05, 4.69) is 34.3 Å². The lowest BCUT2D eigenvalue weighted by molar-refractivity contribution is -0.138. The Balaban J connectivity index is 2.38. The fourth-order valence-electron chi connectivity index (χ4n) is 1.28. The summed E-state index contributed by atoms with van der Waals surface area (Å²) in [6, 6.07) is 0.451. The van der Waals surface area contributed by atoms with Crippen LogP contribution in [0.15, 0.2) is 0 Å². The second-order valence-electron chi connectivity index (χ2n) is 4.07. The zero-order valence-electron chi connectivity index (χ0n) is 10.6. The van der Waals surface area contributed by atoms with Crippen LogP contribution in [0, 0.1) is 0 Å². The average molecular weight is 282 g/mol. The summed E-state index contributed by atoms with van der Waals surface area (Å²) < 4.78 is 36.8. The van der Waals surface area contributed by atoms with Gasteiger partial charge in [-0.05, 0) is 20.4 Å². The topological polar surface area (TPSA) is 41.0 Å². The number of aromatic nitrogens is 2. The molecule has 1 aromatic rings. The Morgan fingerprint density at radius 3 is 2.56 bits per heavy atom. The van der Waals surface area contributed by atoms with Gasteiger partial charge < -0.3 is 10.2 Å². The van der Waals surface area contributed by atoms with Gasteiger partial charge in [0.2, 0.25) is 10.1 Å². The maximum Gasteiger partial charge on any atom is 0.445 e. The summed E-state index contributed by atoms with van der Waals surface area (Å²) >= 11 is 0.529. The summed E-state index contributed by atoms with van der Waals surface area (Å²) in [6.07, 6.45) is -3.38. The van der Waals surface area contributed by atoms with Gasteiger partial charge in [-0.3, -0.25) is 0 Å². The third-order valence-corrected chi connectivity index (χ3v) is 3.68. The number of hydrogen-bond acceptors (Lipinski definition) is 5. The summed E-state index contributed by atoms with van der Waals surface area (Å²) in [5.41, 5.74) is 0. The van der Waals surface area contributed by atoms with Crippen LogP contribution in [0.3, 0.4) is 0 Å². The highest BCUT2D eigenvalue weighted by molar-refractivity contribution is 7.15. The molecule has 0 fully saturated rings. The van der Waals surface area contributed by atoms with E-state index < -0.39 is 11.2 Å². The smallest absolute Gasteiger partial charge is 0.359 e. The van der Waals surface area contributed by atoms with Crippen LogP contribution in [0.5, 0.6) is 0 Å². The first-order valence-electron chi connectivity index (χ1n) is 5.69. The lowest BCUT2D eigenvalue weighted by Crippen LogP contribution is -2.32. The fourth-order valence-corrected chi connectivity index (χ4v) is 1.92. The number of nitrogens with one attached hydrogen (secondary N) is 1. The number of likely N-dealkylation sites (N-methyl/N-ethyl adjacent to an activating group) is 1. The molecule has 0 aliphatic carbocycles. The van der Waals surface area contributed by atoms with Gasteiger partial charge in [0, 0.05) is 19.1 Å². The molecule has 1 rings (SSSR count). The van der Waals surface area contributed by atoms with Gasteiger partial charge in [-0.25, -0.2) is 0 Å². The molecule has 1 heterocycles. The molecule has 104 valence electrons. The van der Waals surface area contributed by atoms with Crippen molar-refractivity contribution in [1.29, 1.82) is 0 Å². The van der Waals surface area contributed by atoms with Gasteiger partial charge in [0.05, 0.1) is 0 Å². The van der Waals surface area contributed by atoms with Crippen molar-refractivity contribution >= 4 is 16.5 Å². The molecule has 0 spiro atoms. The van der Waals surface area contributed by atoms with Crippen molar-refractivity contribution in [1.82, 2.24) is 15.1 Å². The molecular formula is C10H17F3N4S. The molecule has 0 saturated carbocycles. The Morgan fingerprint density at radius 2 is 2.06 bits per heavy atom. The molecule has 4 nitrogen and oxygen atoms in total. The van der Waals surface area contributed by atoms with Gasteiger partial charge in [-0.15, -0.1) is 10.2 Å². The zero-order chi connectivity index (χ0) is 13.8. The lowest BCUT2D eigenvalue weighted by Gasteiger charge is -2.23. The van der Waals surface area contributed by atoms with Crippen molar-refractivity contribution in [2.45, 2.75) is 32.5 Å². The highest BCUT2D eigenvalue weighted by Crippen LogP contribution is 2.32. The van der Waals surface area contributed by atoms with Crippen LogP contribution in [0.4, 0.5) is 18.3 Å². The third kappa shape index (κ3) is 4.41. The van der Waals surface area contributed by atoms with E-state index in [0.717, 1.165) is 13.0 Å². The van der Waals surface area contributed by atoms with Crippen LogP contribution in [-0.2, 0) is 6.18 Å². The van der Waals surface area contributed by atoms with Gasteiger partial charge in [0.25, 0.3) is 0 Å². The zero-order valence-corrected chi connectivity index (χ0v) is 11.4. The quantitative estimate of drug-likeness (QED) is 0.871. The first-order chi connectivity index (χ1) is 8.34.